The number of likely N-dealkylation sites (tertiary alicyclic amines) is 1. The van der Waals surface area contributed by atoms with Crippen molar-refractivity contribution in [1.29, 1.82) is 0 Å². The van der Waals surface area contributed by atoms with Crippen molar-refractivity contribution < 1.29 is 9.59 Å². The van der Waals surface area contributed by atoms with E-state index in [1.807, 2.05) is 0 Å². The molecule has 98 valence electrons. The number of rotatable bonds is 4. The number of nitrogens with one attached hydrogen (secondary N) is 1. The van der Waals surface area contributed by atoms with Crippen LogP contribution in [0, 0.1) is 0 Å². The van der Waals surface area contributed by atoms with Crippen LogP contribution in [0.5, 0.6) is 0 Å². The van der Waals surface area contributed by atoms with E-state index in [0.717, 1.165) is 19.5 Å². The molecule has 1 heterocycles. The van der Waals surface area contributed by atoms with E-state index in [-0.39, 0.29) is 11.9 Å². The van der Waals surface area contributed by atoms with E-state index >= 15 is 0 Å². The lowest BCUT2D eigenvalue weighted by Gasteiger charge is -2.27. The average molecular weight is 262 g/mol. The predicted molar refractivity (Wildman–Crippen MR) is 67.2 cm³/mol. The molecule has 1 aliphatic heterocycles. The van der Waals surface area contributed by atoms with Gasteiger partial charge >= 0.3 is 6.03 Å². The third-order valence-corrected chi connectivity index (χ3v) is 3.35. The third kappa shape index (κ3) is 4.16. The summed E-state index contributed by atoms with van der Waals surface area (Å²) in [6, 6.07) is 0.0282. The van der Waals surface area contributed by atoms with Crippen LogP contribution >= 0.6 is 11.6 Å². The number of nitrogens with zero attached hydrogens (tertiary/aromatic N) is 2. The van der Waals surface area contributed by atoms with Crippen LogP contribution < -0.4 is 5.32 Å². The third-order valence-electron chi connectivity index (χ3n) is 3.10. The van der Waals surface area contributed by atoms with Crippen LogP contribution in [0.4, 0.5) is 4.79 Å². The minimum absolute atomic E-state index is 0.190. The molecule has 0 aromatic rings. The van der Waals surface area contributed by atoms with Crippen LogP contribution in [0.3, 0.4) is 0 Å². The number of hydrogen-bond acceptors (Lipinski definition) is 3. The van der Waals surface area contributed by atoms with Crippen LogP contribution in [0.15, 0.2) is 0 Å². The minimum Gasteiger partial charge on any atom is -0.326 e. The molecular formula is C11H20ClN3O2. The number of carbonyl (C=O) groups is 2. The van der Waals surface area contributed by atoms with Gasteiger partial charge in [-0.1, -0.05) is 6.92 Å². The Kier molecular flexibility index (Phi) is 5.71. The van der Waals surface area contributed by atoms with Gasteiger partial charge in [0.05, 0.1) is 0 Å². The van der Waals surface area contributed by atoms with Gasteiger partial charge in [0.2, 0.25) is 5.91 Å². The van der Waals surface area contributed by atoms with Crippen molar-refractivity contribution in [2.45, 2.75) is 25.8 Å². The van der Waals surface area contributed by atoms with Gasteiger partial charge in [-0.25, -0.2) is 4.79 Å². The zero-order valence-electron chi connectivity index (χ0n) is 10.4. The second-order valence-corrected chi connectivity index (χ2v) is 4.56. The van der Waals surface area contributed by atoms with E-state index < -0.39 is 5.91 Å². The Morgan fingerprint density at radius 2 is 2.24 bits per heavy atom. The summed E-state index contributed by atoms with van der Waals surface area (Å²) >= 11 is 5.33. The first-order valence-electron chi connectivity index (χ1n) is 5.93. The van der Waals surface area contributed by atoms with E-state index in [1.165, 1.54) is 6.42 Å². The number of carbonyl (C=O) groups excluding carboxylic acids is 2. The summed E-state index contributed by atoms with van der Waals surface area (Å²) in [5, 5.41) is 2.23. The fourth-order valence-electron chi connectivity index (χ4n) is 2.17. The second-order valence-electron chi connectivity index (χ2n) is 4.29. The standard InChI is InChI=1S/C11H20ClN3O2/c1-3-15-6-4-5-9(15)8-14(2)11(17)13-10(16)7-12/h9H,3-8H2,1-2H3,(H,13,16,17). The van der Waals surface area contributed by atoms with Crippen molar-refractivity contribution in [2.24, 2.45) is 0 Å². The molecule has 0 aromatic carbocycles. The SMILES string of the molecule is CCN1CCCC1CN(C)C(=O)NC(=O)CCl. The molecule has 0 aromatic heterocycles. The molecule has 0 aliphatic carbocycles. The fourth-order valence-corrected chi connectivity index (χ4v) is 2.23. The van der Waals surface area contributed by atoms with Gasteiger partial charge < -0.3 is 4.90 Å². The fraction of sp³-hybridized carbons (Fsp3) is 0.818. The molecule has 6 heteroatoms. The highest BCUT2D eigenvalue weighted by Gasteiger charge is 2.25. The first kappa shape index (κ1) is 14.3. The largest absolute Gasteiger partial charge is 0.326 e. The molecule has 0 bridgehead atoms. The summed E-state index contributed by atoms with van der Waals surface area (Å²) in [5.74, 6) is -0.647. The van der Waals surface area contributed by atoms with Gasteiger partial charge in [-0.3, -0.25) is 15.0 Å². The molecule has 1 saturated heterocycles. The highest BCUT2D eigenvalue weighted by atomic mass is 35.5. The number of likely N-dealkylation sites (N-methyl/N-ethyl adjacent to an activating group) is 2. The topological polar surface area (TPSA) is 52.6 Å². The molecule has 0 saturated carbocycles. The smallest absolute Gasteiger partial charge is 0.323 e. The van der Waals surface area contributed by atoms with E-state index in [2.05, 4.69) is 17.1 Å². The van der Waals surface area contributed by atoms with Gasteiger partial charge in [-0.2, -0.15) is 0 Å². The van der Waals surface area contributed by atoms with Crippen molar-refractivity contribution in [2.75, 3.05) is 32.6 Å². The quantitative estimate of drug-likeness (QED) is 0.765. The van der Waals surface area contributed by atoms with Crippen LogP contribution in [-0.4, -0.2) is 60.3 Å². The molecule has 3 amide bonds. The lowest BCUT2D eigenvalue weighted by Crippen LogP contribution is -2.46. The molecule has 1 N–H and O–H groups in total. The molecule has 1 fully saturated rings. The summed E-state index contributed by atoms with van der Waals surface area (Å²) in [4.78, 5) is 26.5. The molecular weight excluding hydrogens is 242 g/mol. The maximum atomic E-state index is 11.6. The highest BCUT2D eigenvalue weighted by Crippen LogP contribution is 2.17. The normalized spacial score (nSPS) is 20.3. The first-order chi connectivity index (χ1) is 8.08. The Hall–Kier alpha value is -0.810. The first-order valence-corrected chi connectivity index (χ1v) is 6.46. The van der Waals surface area contributed by atoms with Gasteiger partial charge in [0, 0.05) is 19.6 Å². The number of alkyl halides is 1. The minimum atomic E-state index is -0.456. The molecule has 1 atom stereocenters. The number of imide groups is 1. The van der Waals surface area contributed by atoms with E-state index in [9.17, 15) is 9.59 Å². The summed E-state index contributed by atoms with van der Waals surface area (Å²) in [6.07, 6.45) is 2.28. The van der Waals surface area contributed by atoms with Gasteiger partial charge in [-0.15, -0.1) is 11.6 Å². The lowest BCUT2D eigenvalue weighted by molar-refractivity contribution is -0.117. The Labute approximate surface area is 107 Å². The summed E-state index contributed by atoms with van der Waals surface area (Å²) in [5.41, 5.74) is 0. The van der Waals surface area contributed by atoms with Gasteiger partial charge in [-0.05, 0) is 25.9 Å². The van der Waals surface area contributed by atoms with E-state index in [1.54, 1.807) is 11.9 Å². The maximum absolute atomic E-state index is 11.6. The van der Waals surface area contributed by atoms with E-state index in [4.69, 9.17) is 11.6 Å². The molecule has 17 heavy (non-hydrogen) atoms. The van der Waals surface area contributed by atoms with Gasteiger partial charge in [0.25, 0.3) is 0 Å². The summed E-state index contributed by atoms with van der Waals surface area (Å²) < 4.78 is 0. The second kappa shape index (κ2) is 6.81. The lowest BCUT2D eigenvalue weighted by atomic mass is 10.2. The number of halogens is 1. The highest BCUT2D eigenvalue weighted by molar-refractivity contribution is 6.28. The average Bonchev–Trinajstić information content (AvgIpc) is 2.75. The van der Waals surface area contributed by atoms with Crippen LogP contribution in [0.1, 0.15) is 19.8 Å². The molecule has 1 unspecified atom stereocenters. The predicted octanol–water partition coefficient (Wildman–Crippen LogP) is 0.877. The Balaban J connectivity index is 2.40. The molecule has 5 nitrogen and oxygen atoms in total. The number of amides is 3. The molecule has 0 radical (unpaired) electrons. The van der Waals surface area contributed by atoms with Gasteiger partial charge in [0.15, 0.2) is 0 Å². The molecule has 1 rings (SSSR count). The van der Waals surface area contributed by atoms with Gasteiger partial charge in [0.1, 0.15) is 5.88 Å². The zero-order valence-corrected chi connectivity index (χ0v) is 11.2. The van der Waals surface area contributed by atoms with Crippen molar-refractivity contribution in [1.82, 2.24) is 15.1 Å². The van der Waals surface area contributed by atoms with E-state index in [0.29, 0.717) is 12.6 Å². The number of urea groups is 1. The Bertz CT molecular complexity index is 286. The van der Waals surface area contributed by atoms with Crippen molar-refractivity contribution in [3.05, 3.63) is 0 Å². The Morgan fingerprint density at radius 1 is 1.53 bits per heavy atom. The van der Waals surface area contributed by atoms with Crippen molar-refractivity contribution in [3.63, 3.8) is 0 Å². The van der Waals surface area contributed by atoms with Crippen LogP contribution in [-0.2, 0) is 4.79 Å². The monoisotopic (exact) mass is 261 g/mol. The van der Waals surface area contributed by atoms with Crippen LogP contribution in [0.25, 0.3) is 0 Å². The van der Waals surface area contributed by atoms with Crippen molar-refractivity contribution in [3.8, 4) is 0 Å². The number of hydrogen-bond donors (Lipinski definition) is 1. The zero-order chi connectivity index (χ0) is 12.8. The summed E-state index contributed by atoms with van der Waals surface area (Å²) in [6.45, 7) is 4.86. The molecule has 0 spiro atoms. The van der Waals surface area contributed by atoms with Crippen molar-refractivity contribution >= 4 is 23.5 Å². The molecule has 1 aliphatic rings. The maximum Gasteiger partial charge on any atom is 0.323 e. The Morgan fingerprint density at radius 3 is 2.82 bits per heavy atom. The summed E-state index contributed by atoms with van der Waals surface area (Å²) in [7, 11) is 1.70. The van der Waals surface area contributed by atoms with Crippen LogP contribution in [0.2, 0.25) is 0 Å².